The molecule has 0 aliphatic heterocycles. The first kappa shape index (κ1) is 16.5. The molecule has 0 amide bonds. The van der Waals surface area contributed by atoms with Crippen LogP contribution >= 0.6 is 0 Å². The fourth-order valence-electron chi connectivity index (χ4n) is 2.97. The zero-order valence-corrected chi connectivity index (χ0v) is 13.3. The van der Waals surface area contributed by atoms with Crippen LogP contribution in [0.5, 0.6) is 11.5 Å². The summed E-state index contributed by atoms with van der Waals surface area (Å²) in [5.74, 6) is 0.969. The van der Waals surface area contributed by atoms with Gasteiger partial charge < -0.3 is 14.8 Å². The normalized spacial score (nSPS) is 16.1. The third kappa shape index (κ3) is 4.10. The molecule has 1 aromatic carbocycles. The molecule has 0 unspecified atom stereocenters. The van der Waals surface area contributed by atoms with Crippen molar-refractivity contribution in [3.05, 3.63) is 22.6 Å². The number of benzene rings is 1. The number of hydrogen-bond donors (Lipinski definition) is 2. The quantitative estimate of drug-likeness (QED) is 0.623. The molecule has 6 heteroatoms. The van der Waals surface area contributed by atoms with Gasteiger partial charge >= 0.3 is 5.69 Å². The number of methoxy groups -OCH3 is 2. The van der Waals surface area contributed by atoms with E-state index in [-0.39, 0.29) is 10.6 Å². The van der Waals surface area contributed by atoms with Gasteiger partial charge in [-0.15, -0.1) is 0 Å². The molecule has 0 bridgehead atoms. The van der Waals surface area contributed by atoms with Gasteiger partial charge in [-0.05, 0) is 18.9 Å². The van der Waals surface area contributed by atoms with Gasteiger partial charge in [-0.25, -0.2) is 5.21 Å². The van der Waals surface area contributed by atoms with E-state index in [1.165, 1.54) is 38.9 Å². The fourth-order valence-corrected chi connectivity index (χ4v) is 2.97. The summed E-state index contributed by atoms with van der Waals surface area (Å²) in [7, 11) is 3.05. The summed E-state index contributed by atoms with van der Waals surface area (Å²) in [4.78, 5) is 11.3. The van der Waals surface area contributed by atoms with Crippen LogP contribution in [0.15, 0.2) is 12.1 Å². The molecule has 0 saturated heterocycles. The Balaban J connectivity index is 2.15. The Morgan fingerprint density at radius 1 is 1.14 bits per heavy atom. The minimum Gasteiger partial charge on any atom is -0.493 e. The molecular weight excluding hydrogens is 284 g/mol. The summed E-state index contributed by atoms with van der Waals surface area (Å²) in [6, 6.07) is 3.69. The highest BCUT2D eigenvalue weighted by Gasteiger charge is 2.24. The van der Waals surface area contributed by atoms with Crippen molar-refractivity contribution in [2.45, 2.75) is 51.1 Å². The van der Waals surface area contributed by atoms with Crippen LogP contribution in [0.2, 0.25) is 0 Å². The second kappa shape index (κ2) is 7.98. The first-order valence-electron chi connectivity index (χ1n) is 7.80. The van der Waals surface area contributed by atoms with Crippen molar-refractivity contribution in [1.29, 1.82) is 0 Å². The van der Waals surface area contributed by atoms with Crippen LogP contribution in [0.25, 0.3) is 0 Å². The molecule has 1 aliphatic rings. The van der Waals surface area contributed by atoms with E-state index in [0.29, 0.717) is 29.6 Å². The SMILES string of the molecule is COc1cc(CNC2CCCCCC2)c([N+](=O)O)cc1OC. The highest BCUT2D eigenvalue weighted by Crippen LogP contribution is 2.34. The van der Waals surface area contributed by atoms with Gasteiger partial charge in [0.15, 0.2) is 11.5 Å². The molecular formula is C16H25N2O4+. The molecule has 0 heterocycles. The minimum atomic E-state index is -0.119. The summed E-state index contributed by atoms with van der Waals surface area (Å²) < 4.78 is 10.4. The molecule has 2 N–H and O–H groups in total. The Morgan fingerprint density at radius 2 is 1.73 bits per heavy atom. The lowest BCUT2D eigenvalue weighted by molar-refractivity contribution is -0.730. The standard InChI is InChI=1S/C16H25N2O4/c1-21-15-9-12(14(18(19)20)10-16(15)22-2)11-17-13-7-5-3-4-6-8-13/h9-10,13,17H,3-8,11H2,1-2H3,(H,19,20)/q+1. The molecule has 1 aliphatic carbocycles. The Bertz CT molecular complexity index is 511. The van der Waals surface area contributed by atoms with Gasteiger partial charge in [0.25, 0.3) is 4.92 Å². The molecule has 122 valence electrons. The summed E-state index contributed by atoms with van der Waals surface area (Å²) in [6.45, 7) is 0.514. The molecule has 0 atom stereocenters. The zero-order chi connectivity index (χ0) is 15.9. The lowest BCUT2D eigenvalue weighted by Gasteiger charge is -2.16. The van der Waals surface area contributed by atoms with Crippen molar-refractivity contribution in [3.8, 4) is 11.5 Å². The maximum Gasteiger partial charge on any atom is 0.325 e. The molecule has 1 aromatic rings. The van der Waals surface area contributed by atoms with Crippen LogP contribution in [0.3, 0.4) is 0 Å². The summed E-state index contributed by atoms with van der Waals surface area (Å²) in [5.41, 5.74) is 0.873. The Kier molecular flexibility index (Phi) is 6.00. The average Bonchev–Trinajstić information content (AvgIpc) is 2.80. The van der Waals surface area contributed by atoms with Crippen LogP contribution in [-0.4, -0.2) is 30.4 Å². The molecule has 0 radical (unpaired) electrons. The van der Waals surface area contributed by atoms with Gasteiger partial charge in [0.2, 0.25) is 0 Å². The summed E-state index contributed by atoms with van der Waals surface area (Å²) in [6.07, 6.45) is 7.38. The van der Waals surface area contributed by atoms with Gasteiger partial charge in [-0.3, -0.25) is 0 Å². The van der Waals surface area contributed by atoms with Gasteiger partial charge in [-0.1, -0.05) is 25.7 Å². The molecule has 22 heavy (non-hydrogen) atoms. The summed E-state index contributed by atoms with van der Waals surface area (Å²) in [5, 5.41) is 12.8. The van der Waals surface area contributed by atoms with E-state index in [1.54, 1.807) is 13.2 Å². The van der Waals surface area contributed by atoms with E-state index in [0.717, 1.165) is 12.8 Å². The third-order valence-corrected chi connectivity index (χ3v) is 4.23. The smallest absolute Gasteiger partial charge is 0.325 e. The van der Waals surface area contributed by atoms with Crippen LogP contribution in [-0.2, 0) is 6.54 Å². The topological polar surface area (TPSA) is 70.8 Å². The molecule has 1 fully saturated rings. The van der Waals surface area contributed by atoms with Gasteiger partial charge in [0.05, 0.1) is 30.8 Å². The van der Waals surface area contributed by atoms with Gasteiger partial charge in [0, 0.05) is 12.6 Å². The van der Waals surface area contributed by atoms with E-state index in [4.69, 9.17) is 9.47 Å². The number of nitrogens with one attached hydrogen (secondary N) is 1. The van der Waals surface area contributed by atoms with Crippen molar-refractivity contribution >= 4 is 5.69 Å². The first-order chi connectivity index (χ1) is 10.7. The van der Waals surface area contributed by atoms with Crippen LogP contribution in [0, 0.1) is 4.91 Å². The monoisotopic (exact) mass is 309 g/mol. The van der Waals surface area contributed by atoms with E-state index < -0.39 is 0 Å². The maximum atomic E-state index is 11.4. The molecule has 1 saturated carbocycles. The fraction of sp³-hybridized carbons (Fsp3) is 0.625. The van der Waals surface area contributed by atoms with E-state index in [9.17, 15) is 10.1 Å². The number of hydrogen-bond acceptors (Lipinski definition) is 4. The van der Waals surface area contributed by atoms with E-state index in [2.05, 4.69) is 5.32 Å². The average molecular weight is 309 g/mol. The maximum absolute atomic E-state index is 11.4. The van der Waals surface area contributed by atoms with Crippen molar-refractivity contribution in [3.63, 3.8) is 0 Å². The van der Waals surface area contributed by atoms with Crippen molar-refractivity contribution in [1.82, 2.24) is 5.32 Å². The molecule has 0 spiro atoms. The van der Waals surface area contributed by atoms with E-state index in [1.807, 2.05) is 0 Å². The minimum absolute atomic E-state index is 0.119. The number of nitrogens with zero attached hydrogens (tertiary/aromatic N) is 1. The second-order valence-corrected chi connectivity index (χ2v) is 5.68. The Morgan fingerprint density at radius 3 is 2.27 bits per heavy atom. The predicted molar refractivity (Wildman–Crippen MR) is 82.9 cm³/mol. The number of ether oxygens (including phenoxy) is 2. The zero-order valence-electron chi connectivity index (χ0n) is 13.3. The van der Waals surface area contributed by atoms with E-state index >= 15 is 0 Å². The Labute approximate surface area is 131 Å². The van der Waals surface area contributed by atoms with Crippen LogP contribution in [0.1, 0.15) is 44.1 Å². The molecule has 0 aromatic heterocycles. The van der Waals surface area contributed by atoms with Crippen LogP contribution in [0.4, 0.5) is 5.69 Å². The van der Waals surface area contributed by atoms with Crippen LogP contribution < -0.4 is 14.8 Å². The van der Waals surface area contributed by atoms with Crippen molar-refractivity contribution in [2.75, 3.05) is 14.2 Å². The first-order valence-corrected chi connectivity index (χ1v) is 7.80. The highest BCUT2D eigenvalue weighted by atomic mass is 16.6. The second-order valence-electron chi connectivity index (χ2n) is 5.68. The highest BCUT2D eigenvalue weighted by molar-refractivity contribution is 5.54. The van der Waals surface area contributed by atoms with Gasteiger partial charge in [-0.2, -0.15) is 0 Å². The van der Waals surface area contributed by atoms with Crippen molar-refractivity contribution in [2.24, 2.45) is 0 Å². The van der Waals surface area contributed by atoms with Gasteiger partial charge in [0.1, 0.15) is 0 Å². The largest absolute Gasteiger partial charge is 0.493 e. The lowest BCUT2D eigenvalue weighted by atomic mass is 10.1. The summed E-state index contributed by atoms with van der Waals surface area (Å²) >= 11 is 0. The molecule has 2 rings (SSSR count). The molecule has 6 nitrogen and oxygen atoms in total. The predicted octanol–water partition coefficient (Wildman–Crippen LogP) is 3.32. The lowest BCUT2D eigenvalue weighted by Crippen LogP contribution is -2.28. The number of rotatable bonds is 6. The Hall–Kier alpha value is -1.82. The third-order valence-electron chi connectivity index (χ3n) is 4.23. The van der Waals surface area contributed by atoms with Crippen molar-refractivity contribution < 1.29 is 19.6 Å².